The maximum absolute atomic E-state index is 12.0. The Bertz CT molecular complexity index is 440. The Morgan fingerprint density at radius 2 is 1.78 bits per heavy atom. The highest BCUT2D eigenvalue weighted by molar-refractivity contribution is 7.89. The van der Waals surface area contributed by atoms with E-state index in [0.29, 0.717) is 6.42 Å². The van der Waals surface area contributed by atoms with Gasteiger partial charge in [0.1, 0.15) is 0 Å². The maximum Gasteiger partial charge on any atom is 0.212 e. The SMILES string of the molecule is CCCCS(=O)(=O)NC(c1ccccc1)C(C)C. The molecule has 0 aliphatic rings. The van der Waals surface area contributed by atoms with E-state index in [-0.39, 0.29) is 17.7 Å². The van der Waals surface area contributed by atoms with Crippen LogP contribution < -0.4 is 4.72 Å². The van der Waals surface area contributed by atoms with Gasteiger partial charge < -0.3 is 0 Å². The van der Waals surface area contributed by atoms with Crippen LogP contribution in [0.3, 0.4) is 0 Å². The second kappa shape index (κ2) is 6.90. The summed E-state index contributed by atoms with van der Waals surface area (Å²) in [7, 11) is -3.19. The Morgan fingerprint density at radius 1 is 1.17 bits per heavy atom. The average Bonchev–Trinajstić information content (AvgIpc) is 2.34. The molecular weight excluding hydrogens is 246 g/mol. The van der Waals surface area contributed by atoms with Gasteiger partial charge >= 0.3 is 0 Å². The topological polar surface area (TPSA) is 46.2 Å². The molecule has 1 atom stereocenters. The molecule has 0 saturated carbocycles. The van der Waals surface area contributed by atoms with E-state index in [1.165, 1.54) is 0 Å². The van der Waals surface area contributed by atoms with Crippen LogP contribution in [0, 0.1) is 5.92 Å². The molecule has 1 aromatic rings. The lowest BCUT2D eigenvalue weighted by Crippen LogP contribution is -2.33. The highest BCUT2D eigenvalue weighted by atomic mass is 32.2. The Morgan fingerprint density at radius 3 is 2.28 bits per heavy atom. The third-order valence-corrected chi connectivity index (χ3v) is 4.34. The first-order valence-electron chi connectivity index (χ1n) is 6.51. The number of unbranched alkanes of at least 4 members (excludes halogenated alkanes) is 1. The largest absolute Gasteiger partial charge is 0.212 e. The van der Waals surface area contributed by atoms with Gasteiger partial charge in [-0.3, -0.25) is 0 Å². The summed E-state index contributed by atoms with van der Waals surface area (Å²) < 4.78 is 26.7. The van der Waals surface area contributed by atoms with Crippen molar-refractivity contribution >= 4 is 10.0 Å². The molecule has 1 N–H and O–H groups in total. The zero-order valence-electron chi connectivity index (χ0n) is 11.4. The van der Waals surface area contributed by atoms with Crippen LogP contribution in [-0.2, 0) is 10.0 Å². The molecule has 0 amide bonds. The van der Waals surface area contributed by atoms with E-state index in [9.17, 15) is 8.42 Å². The molecule has 0 spiro atoms. The molecule has 0 aromatic heterocycles. The first kappa shape index (κ1) is 15.2. The maximum atomic E-state index is 12.0. The minimum atomic E-state index is -3.19. The van der Waals surface area contributed by atoms with Crippen molar-refractivity contribution < 1.29 is 8.42 Å². The molecule has 102 valence electrons. The van der Waals surface area contributed by atoms with Crippen molar-refractivity contribution in [3.63, 3.8) is 0 Å². The summed E-state index contributed by atoms with van der Waals surface area (Å²) >= 11 is 0. The van der Waals surface area contributed by atoms with E-state index in [1.54, 1.807) is 0 Å². The van der Waals surface area contributed by atoms with Crippen LogP contribution in [0.15, 0.2) is 30.3 Å². The fourth-order valence-corrected chi connectivity index (χ4v) is 3.42. The monoisotopic (exact) mass is 269 g/mol. The van der Waals surface area contributed by atoms with E-state index in [0.717, 1.165) is 12.0 Å². The second-order valence-corrected chi connectivity index (χ2v) is 6.80. The van der Waals surface area contributed by atoms with Gasteiger partial charge in [-0.25, -0.2) is 13.1 Å². The smallest absolute Gasteiger partial charge is 0.212 e. The van der Waals surface area contributed by atoms with Crippen LogP contribution in [0.1, 0.15) is 45.2 Å². The molecule has 1 aromatic carbocycles. The molecule has 0 bridgehead atoms. The lowest BCUT2D eigenvalue weighted by molar-refractivity contribution is 0.462. The predicted molar refractivity (Wildman–Crippen MR) is 75.9 cm³/mol. The van der Waals surface area contributed by atoms with Crippen molar-refractivity contribution in [3.05, 3.63) is 35.9 Å². The molecule has 3 nitrogen and oxygen atoms in total. The van der Waals surface area contributed by atoms with Crippen molar-refractivity contribution in [2.45, 2.75) is 39.7 Å². The Hall–Kier alpha value is -0.870. The van der Waals surface area contributed by atoms with Gasteiger partial charge in [0.15, 0.2) is 0 Å². The van der Waals surface area contributed by atoms with Gasteiger partial charge in [0.25, 0.3) is 0 Å². The van der Waals surface area contributed by atoms with Crippen molar-refractivity contribution in [2.75, 3.05) is 5.75 Å². The molecule has 1 rings (SSSR count). The molecule has 0 heterocycles. The lowest BCUT2D eigenvalue weighted by Gasteiger charge is -2.22. The summed E-state index contributed by atoms with van der Waals surface area (Å²) in [5, 5.41) is 0. The van der Waals surface area contributed by atoms with Crippen LogP contribution in [0.25, 0.3) is 0 Å². The second-order valence-electron chi connectivity index (χ2n) is 4.92. The van der Waals surface area contributed by atoms with Gasteiger partial charge in [-0.2, -0.15) is 0 Å². The van der Waals surface area contributed by atoms with Crippen LogP contribution >= 0.6 is 0 Å². The Labute approximate surface area is 111 Å². The highest BCUT2D eigenvalue weighted by Gasteiger charge is 2.21. The molecular formula is C14H23NO2S. The van der Waals surface area contributed by atoms with E-state index < -0.39 is 10.0 Å². The summed E-state index contributed by atoms with van der Waals surface area (Å²) in [4.78, 5) is 0. The zero-order valence-corrected chi connectivity index (χ0v) is 12.2. The molecule has 0 fully saturated rings. The molecule has 18 heavy (non-hydrogen) atoms. The Balaban J connectivity index is 2.82. The van der Waals surface area contributed by atoms with Crippen molar-refractivity contribution in [1.82, 2.24) is 4.72 Å². The van der Waals surface area contributed by atoms with Gasteiger partial charge in [0.05, 0.1) is 5.75 Å². The standard InChI is InChI=1S/C14H23NO2S/c1-4-5-11-18(16,17)15-14(12(2)3)13-9-7-6-8-10-13/h6-10,12,14-15H,4-5,11H2,1-3H3. The summed E-state index contributed by atoms with van der Waals surface area (Å²) in [6.07, 6.45) is 1.59. The minimum absolute atomic E-state index is 0.145. The minimum Gasteiger partial charge on any atom is -0.212 e. The summed E-state index contributed by atoms with van der Waals surface area (Å²) in [5.41, 5.74) is 1.02. The van der Waals surface area contributed by atoms with Gasteiger partial charge in [-0.15, -0.1) is 0 Å². The molecule has 4 heteroatoms. The predicted octanol–water partition coefficient (Wildman–Crippen LogP) is 3.10. The zero-order chi connectivity index (χ0) is 13.6. The van der Waals surface area contributed by atoms with Crippen LogP contribution in [0.4, 0.5) is 0 Å². The van der Waals surface area contributed by atoms with Gasteiger partial charge in [-0.1, -0.05) is 57.5 Å². The summed E-state index contributed by atoms with van der Waals surface area (Å²) in [5.74, 6) is 0.434. The van der Waals surface area contributed by atoms with Crippen LogP contribution in [0.2, 0.25) is 0 Å². The first-order chi connectivity index (χ1) is 8.46. The Kier molecular flexibility index (Phi) is 5.82. The molecule has 0 aliphatic heterocycles. The summed E-state index contributed by atoms with van der Waals surface area (Å²) in [6, 6.07) is 9.59. The van der Waals surface area contributed by atoms with E-state index in [1.807, 2.05) is 51.1 Å². The van der Waals surface area contributed by atoms with E-state index in [2.05, 4.69) is 4.72 Å². The third-order valence-electron chi connectivity index (χ3n) is 2.90. The molecule has 0 aliphatic carbocycles. The number of sulfonamides is 1. The number of rotatable bonds is 7. The van der Waals surface area contributed by atoms with Crippen LogP contribution in [0.5, 0.6) is 0 Å². The van der Waals surface area contributed by atoms with Crippen molar-refractivity contribution in [2.24, 2.45) is 5.92 Å². The fourth-order valence-electron chi connectivity index (χ4n) is 1.84. The fraction of sp³-hybridized carbons (Fsp3) is 0.571. The number of hydrogen-bond acceptors (Lipinski definition) is 2. The number of nitrogens with one attached hydrogen (secondary N) is 1. The summed E-state index contributed by atoms with van der Waals surface area (Å²) in [6.45, 7) is 6.05. The van der Waals surface area contributed by atoms with Gasteiger partial charge in [0.2, 0.25) is 10.0 Å². The average molecular weight is 269 g/mol. The van der Waals surface area contributed by atoms with Crippen molar-refractivity contribution in [1.29, 1.82) is 0 Å². The van der Waals surface area contributed by atoms with E-state index >= 15 is 0 Å². The van der Waals surface area contributed by atoms with Gasteiger partial charge in [-0.05, 0) is 17.9 Å². The van der Waals surface area contributed by atoms with Crippen LogP contribution in [-0.4, -0.2) is 14.2 Å². The van der Waals surface area contributed by atoms with Gasteiger partial charge in [0, 0.05) is 6.04 Å². The highest BCUT2D eigenvalue weighted by Crippen LogP contribution is 2.22. The first-order valence-corrected chi connectivity index (χ1v) is 8.16. The number of hydrogen-bond donors (Lipinski definition) is 1. The molecule has 0 saturated heterocycles. The molecule has 0 radical (unpaired) electrons. The lowest BCUT2D eigenvalue weighted by atomic mass is 9.97. The number of benzene rings is 1. The molecule has 1 unspecified atom stereocenters. The quantitative estimate of drug-likeness (QED) is 0.826. The third kappa shape index (κ3) is 4.78. The normalized spacial score (nSPS) is 13.8. The van der Waals surface area contributed by atoms with E-state index in [4.69, 9.17) is 0 Å². The van der Waals surface area contributed by atoms with Crippen molar-refractivity contribution in [3.8, 4) is 0 Å².